The summed E-state index contributed by atoms with van der Waals surface area (Å²) in [5, 5.41) is 1.06. The Morgan fingerprint density at radius 3 is 2.33 bits per heavy atom. The van der Waals surface area contributed by atoms with E-state index in [4.69, 9.17) is 9.47 Å². The van der Waals surface area contributed by atoms with Gasteiger partial charge < -0.3 is 18.9 Å². The van der Waals surface area contributed by atoms with E-state index >= 15 is 0 Å². The predicted molar refractivity (Wildman–Crippen MR) is 156 cm³/mol. The molecule has 39 heavy (non-hydrogen) atoms. The van der Waals surface area contributed by atoms with E-state index in [1.807, 2.05) is 20.8 Å². The average Bonchev–Trinajstić information content (AvgIpc) is 3.25. The molecule has 0 saturated heterocycles. The first kappa shape index (κ1) is 26.6. The second-order valence-corrected chi connectivity index (χ2v) is 11.1. The molecule has 2 aromatic carbocycles. The SMILES string of the molecule is C=Cc1cnc(N2CCn3c(C)cc4c(-c5ccc(C)cc5)c([C@H](OC(C)(C)C)C(=O)OC)c(C)c2c43)nc1. The number of hydrogen-bond donors (Lipinski definition) is 0. The number of esters is 1. The summed E-state index contributed by atoms with van der Waals surface area (Å²) in [6, 6.07) is 10.6. The summed E-state index contributed by atoms with van der Waals surface area (Å²) in [4.78, 5) is 24.9. The Kier molecular flexibility index (Phi) is 6.81. The molecule has 2 aromatic heterocycles. The van der Waals surface area contributed by atoms with Crippen molar-refractivity contribution < 1.29 is 14.3 Å². The van der Waals surface area contributed by atoms with E-state index in [-0.39, 0.29) is 0 Å². The average molecular weight is 525 g/mol. The van der Waals surface area contributed by atoms with Crippen LogP contribution in [0.5, 0.6) is 0 Å². The van der Waals surface area contributed by atoms with Gasteiger partial charge in [-0.3, -0.25) is 0 Å². The third kappa shape index (κ3) is 4.72. The summed E-state index contributed by atoms with van der Waals surface area (Å²) in [6.45, 7) is 17.4. The molecular weight excluding hydrogens is 488 g/mol. The summed E-state index contributed by atoms with van der Waals surface area (Å²) in [6.07, 6.45) is 4.37. The molecule has 1 aliphatic heterocycles. The molecule has 0 radical (unpaired) electrons. The number of rotatable bonds is 6. The number of benzene rings is 2. The molecule has 1 atom stereocenters. The number of aryl methyl sites for hydroxylation is 2. The molecule has 0 amide bonds. The maximum atomic E-state index is 13.4. The normalized spacial score (nSPS) is 14.0. The lowest BCUT2D eigenvalue weighted by atomic mass is 9.87. The first-order chi connectivity index (χ1) is 18.5. The van der Waals surface area contributed by atoms with Crippen LogP contribution in [0.25, 0.3) is 28.1 Å². The second-order valence-electron chi connectivity index (χ2n) is 11.1. The number of carbonyl (C=O) groups is 1. The fourth-order valence-corrected chi connectivity index (χ4v) is 5.51. The minimum Gasteiger partial charge on any atom is -0.467 e. The first-order valence-corrected chi connectivity index (χ1v) is 13.2. The Morgan fingerprint density at radius 2 is 1.74 bits per heavy atom. The van der Waals surface area contributed by atoms with Crippen molar-refractivity contribution in [1.82, 2.24) is 14.5 Å². The monoisotopic (exact) mass is 524 g/mol. The zero-order valence-electron chi connectivity index (χ0n) is 23.8. The van der Waals surface area contributed by atoms with Crippen LogP contribution in [0.1, 0.15) is 54.8 Å². The smallest absolute Gasteiger partial charge is 0.339 e. The van der Waals surface area contributed by atoms with E-state index in [2.05, 4.69) is 77.1 Å². The second kappa shape index (κ2) is 9.97. The highest BCUT2D eigenvalue weighted by Crippen LogP contribution is 2.49. The Morgan fingerprint density at radius 1 is 1.08 bits per heavy atom. The van der Waals surface area contributed by atoms with Crippen molar-refractivity contribution in [2.45, 2.75) is 59.8 Å². The topological polar surface area (TPSA) is 69.5 Å². The van der Waals surface area contributed by atoms with Crippen LogP contribution in [0.15, 0.2) is 49.3 Å². The van der Waals surface area contributed by atoms with Gasteiger partial charge in [0.25, 0.3) is 0 Å². The van der Waals surface area contributed by atoms with Crippen LogP contribution in [0.4, 0.5) is 11.6 Å². The summed E-state index contributed by atoms with van der Waals surface area (Å²) in [5.74, 6) is 0.175. The number of methoxy groups -OCH3 is 1. The fraction of sp³-hybridized carbons (Fsp3) is 0.344. The molecule has 202 valence electrons. The largest absolute Gasteiger partial charge is 0.467 e. The maximum Gasteiger partial charge on any atom is 0.339 e. The molecule has 0 N–H and O–H groups in total. The van der Waals surface area contributed by atoms with Gasteiger partial charge in [0, 0.05) is 47.7 Å². The third-order valence-electron chi connectivity index (χ3n) is 7.27. The van der Waals surface area contributed by atoms with Crippen molar-refractivity contribution in [3.63, 3.8) is 0 Å². The van der Waals surface area contributed by atoms with Gasteiger partial charge in [0.2, 0.25) is 5.95 Å². The molecule has 7 heteroatoms. The molecule has 0 saturated carbocycles. The molecule has 3 heterocycles. The molecule has 7 nitrogen and oxygen atoms in total. The summed E-state index contributed by atoms with van der Waals surface area (Å²) < 4.78 is 14.2. The van der Waals surface area contributed by atoms with Gasteiger partial charge in [0.1, 0.15) is 0 Å². The summed E-state index contributed by atoms with van der Waals surface area (Å²) in [5.41, 5.74) is 8.42. The highest BCUT2D eigenvalue weighted by atomic mass is 16.6. The molecule has 1 aliphatic rings. The number of hydrogen-bond acceptors (Lipinski definition) is 6. The minimum absolute atomic E-state index is 0.432. The van der Waals surface area contributed by atoms with E-state index in [9.17, 15) is 4.79 Å². The van der Waals surface area contributed by atoms with Crippen LogP contribution in [0.2, 0.25) is 0 Å². The van der Waals surface area contributed by atoms with Crippen molar-refractivity contribution in [2.24, 2.45) is 0 Å². The zero-order valence-corrected chi connectivity index (χ0v) is 23.8. The molecule has 5 rings (SSSR count). The minimum atomic E-state index is -0.927. The lowest BCUT2D eigenvalue weighted by Gasteiger charge is -2.35. The van der Waals surface area contributed by atoms with Crippen LogP contribution in [0.3, 0.4) is 0 Å². The number of aromatic nitrogens is 3. The van der Waals surface area contributed by atoms with Gasteiger partial charge >= 0.3 is 5.97 Å². The molecule has 0 unspecified atom stereocenters. The van der Waals surface area contributed by atoms with Crippen molar-refractivity contribution in [2.75, 3.05) is 18.6 Å². The predicted octanol–water partition coefficient (Wildman–Crippen LogP) is 6.85. The van der Waals surface area contributed by atoms with Crippen LogP contribution in [-0.2, 0) is 20.8 Å². The van der Waals surface area contributed by atoms with Gasteiger partial charge in [-0.15, -0.1) is 0 Å². The van der Waals surface area contributed by atoms with E-state index in [1.165, 1.54) is 12.7 Å². The Bertz CT molecular complexity index is 1560. The Labute approximate surface area is 230 Å². The Balaban J connectivity index is 1.89. The van der Waals surface area contributed by atoms with E-state index in [0.29, 0.717) is 12.5 Å². The molecule has 0 aliphatic carbocycles. The van der Waals surface area contributed by atoms with E-state index in [0.717, 1.165) is 56.6 Å². The number of ether oxygens (including phenoxy) is 2. The van der Waals surface area contributed by atoms with E-state index in [1.54, 1.807) is 18.5 Å². The van der Waals surface area contributed by atoms with Gasteiger partial charge in [-0.05, 0) is 64.3 Å². The lowest BCUT2D eigenvalue weighted by molar-refractivity contribution is -0.164. The highest BCUT2D eigenvalue weighted by Gasteiger charge is 2.37. The number of nitrogens with zero attached hydrogens (tertiary/aromatic N) is 4. The van der Waals surface area contributed by atoms with Gasteiger partial charge in [0.05, 0.1) is 23.9 Å². The standard InChI is InChI=1S/C32H36N4O3/c1-9-22-17-33-31(34-18-22)36-15-14-35-20(3)16-24-26(23-12-10-19(2)11-13-23)25(21(4)27(36)28(24)35)29(30(37)38-8)39-32(5,6)7/h9-13,16-18,29H,1,14-15H2,2-8H3/t29-/m0/s1. The van der Waals surface area contributed by atoms with Crippen LogP contribution in [-0.4, -0.2) is 39.8 Å². The van der Waals surface area contributed by atoms with Crippen molar-refractivity contribution in [1.29, 1.82) is 0 Å². The summed E-state index contributed by atoms with van der Waals surface area (Å²) in [7, 11) is 1.41. The lowest BCUT2D eigenvalue weighted by Crippen LogP contribution is -2.32. The molecular formula is C32H36N4O3. The van der Waals surface area contributed by atoms with Gasteiger partial charge in [-0.1, -0.05) is 42.5 Å². The van der Waals surface area contributed by atoms with Crippen molar-refractivity contribution in [3.8, 4) is 11.1 Å². The highest BCUT2D eigenvalue weighted by molar-refractivity contribution is 6.08. The molecule has 0 spiro atoms. The fourth-order valence-electron chi connectivity index (χ4n) is 5.51. The summed E-state index contributed by atoms with van der Waals surface area (Å²) >= 11 is 0. The van der Waals surface area contributed by atoms with Gasteiger partial charge in [-0.25, -0.2) is 14.8 Å². The van der Waals surface area contributed by atoms with Crippen LogP contribution in [0, 0.1) is 20.8 Å². The Hall–Kier alpha value is -3.97. The van der Waals surface area contributed by atoms with Gasteiger partial charge in [0.15, 0.2) is 6.10 Å². The first-order valence-electron chi connectivity index (χ1n) is 13.2. The van der Waals surface area contributed by atoms with Crippen LogP contribution < -0.4 is 4.90 Å². The maximum absolute atomic E-state index is 13.4. The molecule has 0 fully saturated rings. The molecule has 0 bridgehead atoms. The van der Waals surface area contributed by atoms with E-state index < -0.39 is 17.7 Å². The number of anilines is 2. The zero-order chi connectivity index (χ0) is 28.1. The molecule has 4 aromatic rings. The quantitative estimate of drug-likeness (QED) is 0.257. The van der Waals surface area contributed by atoms with Crippen LogP contribution >= 0.6 is 0 Å². The third-order valence-corrected chi connectivity index (χ3v) is 7.27. The van der Waals surface area contributed by atoms with Gasteiger partial charge in [-0.2, -0.15) is 0 Å². The number of carbonyl (C=O) groups excluding carboxylic acids is 1. The van der Waals surface area contributed by atoms with Crippen molar-refractivity contribution >= 4 is 34.6 Å². The van der Waals surface area contributed by atoms with Crippen molar-refractivity contribution in [3.05, 3.63) is 77.3 Å².